The van der Waals surface area contributed by atoms with Crippen molar-refractivity contribution in [3.8, 4) is 0 Å². The zero-order valence-electron chi connectivity index (χ0n) is 14.6. The number of amides is 1. The summed E-state index contributed by atoms with van der Waals surface area (Å²) < 4.78 is 41.8. The highest BCUT2D eigenvalue weighted by atomic mass is 35.5. The molecule has 1 unspecified atom stereocenters. The molecule has 0 saturated carbocycles. The Hall–Kier alpha value is -2.12. The summed E-state index contributed by atoms with van der Waals surface area (Å²) in [6.07, 6.45) is -4.17. The average Bonchev–Trinajstić information content (AvgIpc) is 3.04. The minimum atomic E-state index is -4.56. The molecule has 1 aliphatic rings. The standard InChI is InChI=1S/C20H16ClF3N2OS/c21-12-5-7-13(8-6-12)28-11-17(27)26-10-9-15-14-3-1-2-4-16(14)25-18(15)19(26)20(22,23)24/h1-8,19,25H,9-11H2. The lowest BCUT2D eigenvalue weighted by Gasteiger charge is -2.36. The van der Waals surface area contributed by atoms with E-state index < -0.39 is 18.1 Å². The Morgan fingerprint density at radius 3 is 2.61 bits per heavy atom. The summed E-state index contributed by atoms with van der Waals surface area (Å²) in [5, 5.41) is 1.35. The van der Waals surface area contributed by atoms with E-state index in [1.54, 1.807) is 42.5 Å². The van der Waals surface area contributed by atoms with E-state index in [-0.39, 0.29) is 18.0 Å². The Morgan fingerprint density at radius 1 is 1.18 bits per heavy atom. The van der Waals surface area contributed by atoms with Gasteiger partial charge in [-0.15, -0.1) is 11.8 Å². The van der Waals surface area contributed by atoms with Gasteiger partial charge in [0.1, 0.15) is 0 Å². The number of nitrogens with zero attached hydrogens (tertiary/aromatic N) is 1. The number of aromatic amines is 1. The number of fused-ring (bicyclic) bond motifs is 3. The summed E-state index contributed by atoms with van der Waals surface area (Å²) in [5.74, 6) is -0.601. The van der Waals surface area contributed by atoms with Crippen molar-refractivity contribution in [2.75, 3.05) is 12.3 Å². The number of aromatic nitrogens is 1. The molecule has 0 spiro atoms. The van der Waals surface area contributed by atoms with Crippen molar-refractivity contribution in [2.45, 2.75) is 23.5 Å². The van der Waals surface area contributed by atoms with Gasteiger partial charge in [-0.2, -0.15) is 13.2 Å². The number of carbonyl (C=O) groups excluding carboxylic acids is 1. The number of thioether (sulfide) groups is 1. The van der Waals surface area contributed by atoms with Crippen LogP contribution in [0.4, 0.5) is 13.2 Å². The predicted octanol–water partition coefficient (Wildman–Crippen LogP) is 5.60. The molecule has 0 bridgehead atoms. The summed E-state index contributed by atoms with van der Waals surface area (Å²) >= 11 is 7.04. The lowest BCUT2D eigenvalue weighted by atomic mass is 9.97. The molecule has 0 saturated heterocycles. The number of H-pyrrole nitrogens is 1. The van der Waals surface area contributed by atoms with Gasteiger partial charge < -0.3 is 9.88 Å². The van der Waals surface area contributed by atoms with Gasteiger partial charge in [0, 0.05) is 27.4 Å². The van der Waals surface area contributed by atoms with Crippen LogP contribution in [-0.4, -0.2) is 34.3 Å². The van der Waals surface area contributed by atoms with Crippen LogP contribution in [-0.2, 0) is 11.2 Å². The van der Waals surface area contributed by atoms with Crippen LogP contribution in [0, 0.1) is 0 Å². The summed E-state index contributed by atoms with van der Waals surface area (Å²) in [6.45, 7) is 0.0407. The van der Waals surface area contributed by atoms with E-state index >= 15 is 0 Å². The Morgan fingerprint density at radius 2 is 1.89 bits per heavy atom. The van der Waals surface area contributed by atoms with Gasteiger partial charge in [-0.1, -0.05) is 29.8 Å². The molecule has 1 amide bonds. The third-order valence-electron chi connectivity index (χ3n) is 4.84. The van der Waals surface area contributed by atoms with Crippen molar-refractivity contribution in [3.05, 3.63) is 64.8 Å². The third kappa shape index (κ3) is 3.61. The van der Waals surface area contributed by atoms with E-state index in [0.717, 1.165) is 15.2 Å². The number of hydrogen-bond donors (Lipinski definition) is 1. The van der Waals surface area contributed by atoms with Crippen LogP contribution in [0.15, 0.2) is 53.4 Å². The van der Waals surface area contributed by atoms with Gasteiger partial charge in [0.25, 0.3) is 0 Å². The van der Waals surface area contributed by atoms with Crippen molar-refractivity contribution < 1.29 is 18.0 Å². The molecule has 2 heterocycles. The maximum Gasteiger partial charge on any atom is 0.414 e. The summed E-state index contributed by atoms with van der Waals surface area (Å²) in [7, 11) is 0. The van der Waals surface area contributed by atoms with Crippen LogP contribution in [0.5, 0.6) is 0 Å². The van der Waals surface area contributed by atoms with E-state index in [2.05, 4.69) is 4.98 Å². The minimum Gasteiger partial charge on any atom is -0.356 e. The Balaban J connectivity index is 1.61. The highest BCUT2D eigenvalue weighted by Crippen LogP contribution is 2.44. The van der Waals surface area contributed by atoms with E-state index in [0.29, 0.717) is 22.5 Å². The normalized spacial score (nSPS) is 17.0. The van der Waals surface area contributed by atoms with E-state index in [1.807, 2.05) is 6.07 Å². The molecule has 3 nitrogen and oxygen atoms in total. The molecule has 146 valence electrons. The summed E-state index contributed by atoms with van der Waals surface area (Å²) in [4.78, 5) is 17.3. The van der Waals surface area contributed by atoms with Gasteiger partial charge in [0.15, 0.2) is 6.04 Å². The SMILES string of the molecule is O=C(CSc1ccc(Cl)cc1)N1CCc2c([nH]c3ccccc23)C1C(F)(F)F. The highest BCUT2D eigenvalue weighted by molar-refractivity contribution is 8.00. The maximum absolute atomic E-state index is 13.9. The molecule has 3 aromatic rings. The maximum atomic E-state index is 13.9. The Kier molecular flexibility index (Phi) is 5.05. The molecule has 4 rings (SSSR count). The average molecular weight is 425 g/mol. The molecule has 0 fully saturated rings. The predicted molar refractivity (Wildman–Crippen MR) is 105 cm³/mol. The molecule has 1 aliphatic heterocycles. The molecule has 0 aliphatic carbocycles. The molecule has 8 heteroatoms. The van der Waals surface area contributed by atoms with E-state index in [9.17, 15) is 18.0 Å². The van der Waals surface area contributed by atoms with Gasteiger partial charge in [0.05, 0.1) is 11.4 Å². The fraction of sp³-hybridized carbons (Fsp3) is 0.250. The topological polar surface area (TPSA) is 36.1 Å². The molecular formula is C20H16ClF3N2OS. The van der Waals surface area contributed by atoms with E-state index in [4.69, 9.17) is 11.6 Å². The number of alkyl halides is 3. The first-order chi connectivity index (χ1) is 13.3. The van der Waals surface area contributed by atoms with Gasteiger partial charge >= 0.3 is 6.18 Å². The number of nitrogens with one attached hydrogen (secondary N) is 1. The zero-order valence-corrected chi connectivity index (χ0v) is 16.2. The summed E-state index contributed by atoms with van der Waals surface area (Å²) in [5.41, 5.74) is 1.38. The second kappa shape index (κ2) is 7.37. The fourth-order valence-corrected chi connectivity index (χ4v) is 4.52. The second-order valence-corrected chi connectivity index (χ2v) is 8.07. The fourth-order valence-electron chi connectivity index (χ4n) is 3.61. The van der Waals surface area contributed by atoms with Crippen molar-refractivity contribution in [3.63, 3.8) is 0 Å². The smallest absolute Gasteiger partial charge is 0.356 e. The Bertz CT molecular complexity index is 1020. The lowest BCUT2D eigenvalue weighted by Crippen LogP contribution is -2.47. The van der Waals surface area contributed by atoms with Gasteiger partial charge in [-0.3, -0.25) is 4.79 Å². The zero-order chi connectivity index (χ0) is 19.9. The summed E-state index contributed by atoms with van der Waals surface area (Å²) in [6, 6.07) is 12.0. The van der Waals surface area contributed by atoms with Gasteiger partial charge in [-0.05, 0) is 42.3 Å². The number of rotatable bonds is 3. The largest absolute Gasteiger partial charge is 0.414 e. The van der Waals surface area contributed by atoms with Crippen LogP contribution in [0.1, 0.15) is 17.3 Å². The van der Waals surface area contributed by atoms with Crippen LogP contribution in [0.2, 0.25) is 5.02 Å². The second-order valence-electron chi connectivity index (χ2n) is 6.59. The molecule has 1 N–H and O–H groups in total. The molecule has 28 heavy (non-hydrogen) atoms. The van der Waals surface area contributed by atoms with Crippen molar-refractivity contribution in [1.82, 2.24) is 9.88 Å². The Labute approximate surface area is 168 Å². The van der Waals surface area contributed by atoms with Crippen LogP contribution >= 0.6 is 23.4 Å². The monoisotopic (exact) mass is 424 g/mol. The van der Waals surface area contributed by atoms with Crippen LogP contribution < -0.4 is 0 Å². The van der Waals surface area contributed by atoms with Gasteiger partial charge in [-0.25, -0.2) is 0 Å². The number of halogens is 4. The number of carbonyl (C=O) groups is 1. The first-order valence-corrected chi connectivity index (χ1v) is 10.0. The molecule has 1 aromatic heterocycles. The molecular weight excluding hydrogens is 409 g/mol. The number of para-hydroxylation sites is 1. The van der Waals surface area contributed by atoms with Crippen LogP contribution in [0.25, 0.3) is 10.9 Å². The number of hydrogen-bond acceptors (Lipinski definition) is 2. The molecule has 0 radical (unpaired) electrons. The first kappa shape index (κ1) is 19.2. The van der Waals surface area contributed by atoms with Crippen molar-refractivity contribution in [2.24, 2.45) is 0 Å². The minimum absolute atomic E-state index is 0.0407. The molecule has 1 atom stereocenters. The van der Waals surface area contributed by atoms with Crippen molar-refractivity contribution in [1.29, 1.82) is 0 Å². The highest BCUT2D eigenvalue weighted by Gasteiger charge is 2.50. The quantitative estimate of drug-likeness (QED) is 0.555. The van der Waals surface area contributed by atoms with Crippen molar-refractivity contribution >= 4 is 40.2 Å². The molecule has 2 aromatic carbocycles. The van der Waals surface area contributed by atoms with E-state index in [1.165, 1.54) is 11.8 Å². The first-order valence-electron chi connectivity index (χ1n) is 8.68. The lowest BCUT2D eigenvalue weighted by molar-refractivity contribution is -0.193. The third-order valence-corrected chi connectivity index (χ3v) is 6.09. The van der Waals surface area contributed by atoms with Crippen LogP contribution in [0.3, 0.4) is 0 Å². The number of benzene rings is 2. The van der Waals surface area contributed by atoms with Gasteiger partial charge in [0.2, 0.25) is 5.91 Å².